The van der Waals surface area contributed by atoms with Crippen molar-refractivity contribution in [3.63, 3.8) is 0 Å². The third-order valence-electron chi connectivity index (χ3n) is 4.84. The largest absolute Gasteiger partial charge is 0.352 e. The first kappa shape index (κ1) is 17.2. The number of carbonyl (C=O) groups is 1. The Balaban J connectivity index is 1.44. The summed E-state index contributed by atoms with van der Waals surface area (Å²) < 4.78 is 0. The van der Waals surface area contributed by atoms with Crippen LogP contribution in [0.15, 0.2) is 35.7 Å². The molecule has 0 unspecified atom stereocenters. The van der Waals surface area contributed by atoms with Gasteiger partial charge in [0.05, 0.1) is 0 Å². The summed E-state index contributed by atoms with van der Waals surface area (Å²) in [5, 5.41) is 5.28. The van der Waals surface area contributed by atoms with Gasteiger partial charge in [0.1, 0.15) is 0 Å². The fraction of sp³-hybridized carbons (Fsp3) is 0.450. The molecular formula is C20H26N2OS. The Kier molecular flexibility index (Phi) is 5.69. The van der Waals surface area contributed by atoms with Crippen LogP contribution in [-0.2, 0) is 6.54 Å². The normalized spacial score (nSPS) is 16.2. The first-order chi connectivity index (χ1) is 11.6. The maximum absolute atomic E-state index is 12.4. The lowest BCUT2D eigenvalue weighted by Gasteiger charge is -2.31. The lowest BCUT2D eigenvalue weighted by atomic mass is 9.96. The van der Waals surface area contributed by atoms with Gasteiger partial charge in [0.2, 0.25) is 0 Å². The molecule has 1 aliphatic heterocycles. The minimum Gasteiger partial charge on any atom is -0.352 e. The van der Waals surface area contributed by atoms with Gasteiger partial charge in [-0.05, 0) is 68.8 Å². The zero-order chi connectivity index (χ0) is 16.9. The summed E-state index contributed by atoms with van der Waals surface area (Å²) in [4.78, 5) is 16.3. The summed E-state index contributed by atoms with van der Waals surface area (Å²) in [5.74, 6) is 0.660. The van der Waals surface area contributed by atoms with E-state index in [1.54, 1.807) is 0 Å². The van der Waals surface area contributed by atoms with Gasteiger partial charge in [-0.3, -0.25) is 9.69 Å². The number of benzene rings is 1. The molecule has 1 aliphatic rings. The highest BCUT2D eigenvalue weighted by Gasteiger charge is 2.20. The molecule has 1 aromatic heterocycles. The van der Waals surface area contributed by atoms with Crippen molar-refractivity contribution in [1.82, 2.24) is 10.2 Å². The molecule has 4 heteroatoms. The van der Waals surface area contributed by atoms with Crippen LogP contribution in [0.2, 0.25) is 0 Å². The van der Waals surface area contributed by atoms with Gasteiger partial charge in [-0.25, -0.2) is 0 Å². The Morgan fingerprint density at radius 3 is 2.71 bits per heavy atom. The summed E-state index contributed by atoms with van der Waals surface area (Å²) in [5.41, 5.74) is 3.05. The summed E-state index contributed by atoms with van der Waals surface area (Å²) in [6.07, 6.45) is 2.33. The molecule has 2 heterocycles. The number of rotatable bonds is 5. The van der Waals surface area contributed by atoms with Crippen molar-refractivity contribution in [3.8, 4) is 0 Å². The first-order valence-corrected chi connectivity index (χ1v) is 9.60. The van der Waals surface area contributed by atoms with Crippen molar-refractivity contribution in [2.75, 3.05) is 19.6 Å². The van der Waals surface area contributed by atoms with E-state index in [1.807, 2.05) is 30.4 Å². The highest BCUT2D eigenvalue weighted by molar-refractivity contribution is 7.09. The fourth-order valence-electron chi connectivity index (χ4n) is 3.37. The van der Waals surface area contributed by atoms with E-state index in [9.17, 15) is 4.79 Å². The molecule has 2 aromatic rings. The van der Waals surface area contributed by atoms with Crippen LogP contribution in [0.4, 0.5) is 0 Å². The van der Waals surface area contributed by atoms with Gasteiger partial charge < -0.3 is 5.32 Å². The van der Waals surface area contributed by atoms with Crippen LogP contribution < -0.4 is 5.32 Å². The number of nitrogens with zero attached hydrogens (tertiary/aromatic N) is 1. The van der Waals surface area contributed by atoms with E-state index < -0.39 is 0 Å². The molecular weight excluding hydrogens is 316 g/mol. The van der Waals surface area contributed by atoms with Gasteiger partial charge in [0.25, 0.3) is 5.91 Å². The number of nitrogens with one attached hydrogen (secondary N) is 1. The number of aryl methyl sites for hydroxylation is 2. The number of piperidine rings is 1. The number of likely N-dealkylation sites (tertiary alicyclic amines) is 1. The standard InChI is InChI=1S/C20H26N2OS/c1-15-5-6-19(16(2)12-15)20(23)21-13-17-7-9-22(10-8-17)14-18-4-3-11-24-18/h3-6,11-12,17H,7-10,13-14H2,1-2H3,(H,21,23). The van der Waals surface area contributed by atoms with Crippen LogP contribution in [-0.4, -0.2) is 30.4 Å². The van der Waals surface area contributed by atoms with Gasteiger partial charge in [-0.15, -0.1) is 11.3 Å². The third kappa shape index (κ3) is 4.46. The van der Waals surface area contributed by atoms with Crippen LogP contribution >= 0.6 is 11.3 Å². The van der Waals surface area contributed by atoms with Crippen molar-refractivity contribution in [2.45, 2.75) is 33.2 Å². The predicted molar refractivity (Wildman–Crippen MR) is 101 cm³/mol. The Bertz CT molecular complexity index is 673. The molecule has 3 nitrogen and oxygen atoms in total. The first-order valence-electron chi connectivity index (χ1n) is 8.72. The van der Waals surface area contributed by atoms with E-state index in [-0.39, 0.29) is 5.91 Å². The Morgan fingerprint density at radius 2 is 2.04 bits per heavy atom. The smallest absolute Gasteiger partial charge is 0.251 e. The molecule has 0 atom stereocenters. The molecule has 1 fully saturated rings. The SMILES string of the molecule is Cc1ccc(C(=O)NCC2CCN(Cc3cccs3)CC2)c(C)c1. The minimum absolute atomic E-state index is 0.0634. The van der Waals surface area contributed by atoms with Crippen LogP contribution in [0.3, 0.4) is 0 Å². The zero-order valence-corrected chi connectivity index (χ0v) is 15.4. The van der Waals surface area contributed by atoms with Crippen LogP contribution in [0.5, 0.6) is 0 Å². The fourth-order valence-corrected chi connectivity index (χ4v) is 4.12. The Labute approximate surface area is 148 Å². The second-order valence-corrected chi connectivity index (χ2v) is 7.86. The average Bonchev–Trinajstić information content (AvgIpc) is 3.07. The zero-order valence-electron chi connectivity index (χ0n) is 14.5. The van der Waals surface area contributed by atoms with Gasteiger partial charge in [-0.2, -0.15) is 0 Å². The molecule has 0 aliphatic carbocycles. The number of thiophene rings is 1. The van der Waals surface area contributed by atoms with E-state index in [4.69, 9.17) is 0 Å². The maximum Gasteiger partial charge on any atom is 0.251 e. The molecule has 0 saturated carbocycles. The summed E-state index contributed by atoms with van der Waals surface area (Å²) in [6, 6.07) is 10.3. The second-order valence-electron chi connectivity index (χ2n) is 6.83. The van der Waals surface area contributed by atoms with E-state index >= 15 is 0 Å². The number of amides is 1. The van der Waals surface area contributed by atoms with Gasteiger partial charge in [0, 0.05) is 23.5 Å². The number of carbonyl (C=O) groups excluding carboxylic acids is 1. The molecule has 3 rings (SSSR count). The van der Waals surface area contributed by atoms with Gasteiger partial charge in [-0.1, -0.05) is 23.8 Å². The molecule has 1 N–H and O–H groups in total. The number of hydrogen-bond acceptors (Lipinski definition) is 3. The van der Waals surface area contributed by atoms with Crippen LogP contribution in [0.1, 0.15) is 39.2 Å². The second kappa shape index (κ2) is 7.95. The average molecular weight is 343 g/mol. The number of hydrogen-bond donors (Lipinski definition) is 1. The minimum atomic E-state index is 0.0634. The highest BCUT2D eigenvalue weighted by Crippen LogP contribution is 2.20. The molecule has 0 bridgehead atoms. The van der Waals surface area contributed by atoms with Gasteiger partial charge in [0.15, 0.2) is 0 Å². The monoisotopic (exact) mass is 342 g/mol. The van der Waals surface area contributed by atoms with Crippen LogP contribution in [0, 0.1) is 19.8 Å². The molecule has 0 radical (unpaired) electrons. The maximum atomic E-state index is 12.4. The highest BCUT2D eigenvalue weighted by atomic mass is 32.1. The van der Waals surface area contributed by atoms with E-state index in [1.165, 1.54) is 23.3 Å². The van der Waals surface area contributed by atoms with Gasteiger partial charge >= 0.3 is 0 Å². The Hall–Kier alpha value is -1.65. The quantitative estimate of drug-likeness (QED) is 0.890. The molecule has 24 heavy (non-hydrogen) atoms. The topological polar surface area (TPSA) is 32.3 Å². The predicted octanol–water partition coefficient (Wildman–Crippen LogP) is 4.01. The lowest BCUT2D eigenvalue weighted by Crippen LogP contribution is -2.38. The molecule has 1 amide bonds. The van der Waals surface area contributed by atoms with Crippen LogP contribution in [0.25, 0.3) is 0 Å². The summed E-state index contributed by atoms with van der Waals surface area (Å²) in [6.45, 7) is 8.17. The summed E-state index contributed by atoms with van der Waals surface area (Å²) in [7, 11) is 0. The summed E-state index contributed by atoms with van der Waals surface area (Å²) >= 11 is 1.83. The Morgan fingerprint density at radius 1 is 1.25 bits per heavy atom. The van der Waals surface area contributed by atoms with Crippen molar-refractivity contribution >= 4 is 17.2 Å². The molecule has 1 aromatic carbocycles. The van der Waals surface area contributed by atoms with Crippen molar-refractivity contribution < 1.29 is 4.79 Å². The van der Waals surface area contributed by atoms with E-state index in [0.717, 1.165) is 37.3 Å². The van der Waals surface area contributed by atoms with Crippen molar-refractivity contribution in [2.24, 2.45) is 5.92 Å². The molecule has 1 saturated heterocycles. The van der Waals surface area contributed by atoms with Crippen molar-refractivity contribution in [1.29, 1.82) is 0 Å². The van der Waals surface area contributed by atoms with Crippen molar-refractivity contribution in [3.05, 3.63) is 57.3 Å². The third-order valence-corrected chi connectivity index (χ3v) is 5.71. The lowest BCUT2D eigenvalue weighted by molar-refractivity contribution is 0.0934. The molecule has 128 valence electrons. The van der Waals surface area contributed by atoms with E-state index in [2.05, 4.69) is 40.7 Å². The molecule has 0 spiro atoms. The van der Waals surface area contributed by atoms with E-state index in [0.29, 0.717) is 5.92 Å².